The SMILES string of the molecule is O=C(NCC1(c2ccc(F)cc2)CCOCC1)c1ccc(F)cc1Cl. The van der Waals surface area contributed by atoms with Gasteiger partial charge in [0.05, 0.1) is 10.6 Å². The number of carbonyl (C=O) groups excluding carboxylic acids is 1. The lowest BCUT2D eigenvalue weighted by atomic mass is 9.74. The van der Waals surface area contributed by atoms with Gasteiger partial charge >= 0.3 is 0 Å². The van der Waals surface area contributed by atoms with Crippen molar-refractivity contribution in [2.24, 2.45) is 0 Å². The Labute approximate surface area is 149 Å². The average Bonchev–Trinajstić information content (AvgIpc) is 2.61. The van der Waals surface area contributed by atoms with Crippen LogP contribution in [0, 0.1) is 11.6 Å². The molecule has 3 nitrogen and oxygen atoms in total. The van der Waals surface area contributed by atoms with Gasteiger partial charge in [0.15, 0.2) is 0 Å². The van der Waals surface area contributed by atoms with E-state index >= 15 is 0 Å². The maximum atomic E-state index is 13.3. The second-order valence-corrected chi connectivity index (χ2v) is 6.61. The van der Waals surface area contributed by atoms with Crippen LogP contribution in [0.3, 0.4) is 0 Å². The van der Waals surface area contributed by atoms with E-state index in [1.165, 1.54) is 24.3 Å². The van der Waals surface area contributed by atoms with Crippen molar-refractivity contribution < 1.29 is 18.3 Å². The fraction of sp³-hybridized carbons (Fsp3) is 0.316. The Bertz CT molecular complexity index is 759. The van der Waals surface area contributed by atoms with E-state index in [0.717, 1.165) is 24.5 Å². The molecule has 1 saturated heterocycles. The number of carbonyl (C=O) groups is 1. The summed E-state index contributed by atoms with van der Waals surface area (Å²) >= 11 is 5.95. The molecule has 0 atom stereocenters. The molecule has 1 fully saturated rings. The molecule has 2 aromatic rings. The first-order valence-electron chi connectivity index (χ1n) is 8.07. The van der Waals surface area contributed by atoms with Crippen molar-refractivity contribution >= 4 is 17.5 Å². The molecule has 1 aliphatic heterocycles. The third kappa shape index (κ3) is 3.99. The minimum absolute atomic E-state index is 0.0697. The first-order chi connectivity index (χ1) is 12.0. The predicted molar refractivity (Wildman–Crippen MR) is 91.9 cm³/mol. The molecule has 0 spiro atoms. The maximum Gasteiger partial charge on any atom is 0.252 e. The molecule has 1 heterocycles. The smallest absolute Gasteiger partial charge is 0.252 e. The molecule has 6 heteroatoms. The molecule has 25 heavy (non-hydrogen) atoms. The quantitative estimate of drug-likeness (QED) is 0.886. The van der Waals surface area contributed by atoms with Gasteiger partial charge in [-0.25, -0.2) is 8.78 Å². The molecule has 1 aliphatic rings. The van der Waals surface area contributed by atoms with Crippen molar-refractivity contribution in [3.63, 3.8) is 0 Å². The molecule has 132 valence electrons. The molecular formula is C19H18ClF2NO2. The maximum absolute atomic E-state index is 13.3. The number of rotatable bonds is 4. The van der Waals surface area contributed by atoms with Gasteiger partial charge in [-0.05, 0) is 48.7 Å². The topological polar surface area (TPSA) is 38.3 Å². The molecule has 3 rings (SSSR count). The summed E-state index contributed by atoms with van der Waals surface area (Å²) in [5.41, 5.74) is 0.862. The summed E-state index contributed by atoms with van der Waals surface area (Å²) in [5.74, 6) is -1.15. The predicted octanol–water partition coefficient (Wildman–Crippen LogP) is 4.10. The normalized spacial score (nSPS) is 16.4. The van der Waals surface area contributed by atoms with Gasteiger partial charge in [-0.2, -0.15) is 0 Å². The van der Waals surface area contributed by atoms with Crippen LogP contribution in [0.5, 0.6) is 0 Å². The summed E-state index contributed by atoms with van der Waals surface area (Å²) in [6.45, 7) is 1.52. The number of hydrogen-bond acceptors (Lipinski definition) is 2. The fourth-order valence-corrected chi connectivity index (χ4v) is 3.40. The summed E-state index contributed by atoms with van der Waals surface area (Å²) in [5, 5.41) is 2.96. The lowest BCUT2D eigenvalue weighted by Gasteiger charge is -2.38. The Morgan fingerprint density at radius 1 is 1.08 bits per heavy atom. The van der Waals surface area contributed by atoms with Crippen LogP contribution in [-0.2, 0) is 10.2 Å². The second kappa shape index (κ2) is 7.50. The van der Waals surface area contributed by atoms with E-state index in [1.54, 1.807) is 12.1 Å². The third-order valence-corrected chi connectivity index (χ3v) is 4.98. The van der Waals surface area contributed by atoms with Gasteiger partial charge in [-0.15, -0.1) is 0 Å². The lowest BCUT2D eigenvalue weighted by Crippen LogP contribution is -2.44. The molecule has 1 amide bonds. The van der Waals surface area contributed by atoms with Crippen LogP contribution < -0.4 is 5.32 Å². The summed E-state index contributed by atoms with van der Waals surface area (Å²) in [7, 11) is 0. The minimum atomic E-state index is -0.492. The molecular weight excluding hydrogens is 348 g/mol. The molecule has 0 aliphatic carbocycles. The molecule has 0 radical (unpaired) electrons. The van der Waals surface area contributed by atoms with Gasteiger partial charge in [0.2, 0.25) is 0 Å². The van der Waals surface area contributed by atoms with Crippen LogP contribution in [-0.4, -0.2) is 25.7 Å². The number of amides is 1. The average molecular weight is 366 g/mol. The number of halogens is 3. The Morgan fingerprint density at radius 2 is 1.72 bits per heavy atom. The lowest BCUT2D eigenvalue weighted by molar-refractivity contribution is 0.0487. The third-order valence-electron chi connectivity index (χ3n) is 4.67. The van der Waals surface area contributed by atoms with Crippen molar-refractivity contribution in [3.05, 3.63) is 70.2 Å². The van der Waals surface area contributed by atoms with Gasteiger partial charge < -0.3 is 10.1 Å². The van der Waals surface area contributed by atoms with E-state index in [0.29, 0.717) is 19.8 Å². The number of benzene rings is 2. The summed E-state index contributed by atoms with van der Waals surface area (Å²) < 4.78 is 31.8. The molecule has 2 aromatic carbocycles. The largest absolute Gasteiger partial charge is 0.381 e. The standard InChI is InChI=1S/C19H18ClF2NO2/c20-17-11-15(22)5-6-16(17)18(24)23-12-19(7-9-25-10-8-19)13-1-3-14(21)4-2-13/h1-6,11H,7-10,12H2,(H,23,24). The van der Waals surface area contributed by atoms with Crippen LogP contribution in [0.2, 0.25) is 5.02 Å². The Morgan fingerprint density at radius 3 is 2.36 bits per heavy atom. The van der Waals surface area contributed by atoms with Gasteiger partial charge in [-0.1, -0.05) is 23.7 Å². The summed E-state index contributed by atoms with van der Waals surface area (Å²) in [4.78, 5) is 12.4. The number of nitrogens with one attached hydrogen (secondary N) is 1. The van der Waals surface area contributed by atoms with E-state index in [4.69, 9.17) is 16.3 Å². The highest BCUT2D eigenvalue weighted by atomic mass is 35.5. The van der Waals surface area contributed by atoms with Crippen LogP contribution in [0.15, 0.2) is 42.5 Å². The molecule has 1 N–H and O–H groups in total. The molecule has 0 bridgehead atoms. The zero-order chi connectivity index (χ0) is 17.9. The van der Waals surface area contributed by atoms with E-state index < -0.39 is 5.82 Å². The summed E-state index contributed by atoms with van der Waals surface area (Å²) in [6, 6.07) is 10.0. The summed E-state index contributed by atoms with van der Waals surface area (Å²) in [6.07, 6.45) is 1.44. The van der Waals surface area contributed by atoms with E-state index in [2.05, 4.69) is 5.32 Å². The molecule has 0 aromatic heterocycles. The Kier molecular flexibility index (Phi) is 5.35. The van der Waals surface area contributed by atoms with Crippen LogP contribution in [0.4, 0.5) is 8.78 Å². The zero-order valence-corrected chi connectivity index (χ0v) is 14.3. The molecule has 0 unspecified atom stereocenters. The number of ether oxygens (including phenoxy) is 1. The van der Waals surface area contributed by atoms with Crippen molar-refractivity contribution in [1.29, 1.82) is 0 Å². The van der Waals surface area contributed by atoms with E-state index in [-0.39, 0.29) is 27.7 Å². The number of hydrogen-bond donors (Lipinski definition) is 1. The monoisotopic (exact) mass is 365 g/mol. The van der Waals surface area contributed by atoms with Gasteiger partial charge in [-0.3, -0.25) is 4.79 Å². The fourth-order valence-electron chi connectivity index (χ4n) is 3.15. The van der Waals surface area contributed by atoms with Crippen molar-refractivity contribution in [3.8, 4) is 0 Å². The van der Waals surface area contributed by atoms with Crippen LogP contribution in [0.25, 0.3) is 0 Å². The highest BCUT2D eigenvalue weighted by molar-refractivity contribution is 6.33. The Hall–Kier alpha value is -1.98. The Balaban J connectivity index is 1.79. The van der Waals surface area contributed by atoms with Crippen molar-refractivity contribution in [2.75, 3.05) is 19.8 Å². The highest BCUT2D eigenvalue weighted by Gasteiger charge is 2.35. The molecule has 0 saturated carbocycles. The van der Waals surface area contributed by atoms with Gasteiger partial charge in [0.1, 0.15) is 11.6 Å². The van der Waals surface area contributed by atoms with Crippen molar-refractivity contribution in [1.82, 2.24) is 5.32 Å². The minimum Gasteiger partial charge on any atom is -0.381 e. The van der Waals surface area contributed by atoms with Gasteiger partial charge in [0.25, 0.3) is 5.91 Å². The van der Waals surface area contributed by atoms with Crippen LogP contribution >= 0.6 is 11.6 Å². The van der Waals surface area contributed by atoms with E-state index in [9.17, 15) is 13.6 Å². The van der Waals surface area contributed by atoms with Crippen LogP contribution in [0.1, 0.15) is 28.8 Å². The van der Waals surface area contributed by atoms with Crippen molar-refractivity contribution in [2.45, 2.75) is 18.3 Å². The van der Waals surface area contributed by atoms with Gasteiger partial charge in [0, 0.05) is 25.2 Å². The first kappa shape index (κ1) is 17.8. The van der Waals surface area contributed by atoms with E-state index in [1.807, 2.05) is 0 Å². The first-order valence-corrected chi connectivity index (χ1v) is 8.45. The zero-order valence-electron chi connectivity index (χ0n) is 13.5. The second-order valence-electron chi connectivity index (χ2n) is 6.21. The highest BCUT2D eigenvalue weighted by Crippen LogP contribution is 2.34.